The lowest BCUT2D eigenvalue weighted by Gasteiger charge is -2.27. The van der Waals surface area contributed by atoms with Crippen molar-refractivity contribution in [2.24, 2.45) is 17.4 Å². The number of unbranched alkanes of at least 4 members (excludes halogenated alkanes) is 1. The highest BCUT2D eigenvalue weighted by atomic mass is 32.2. The molecular weight excluding hydrogens is 780 g/mol. The zero-order chi connectivity index (χ0) is 41.3. The number of primary amides is 1. The van der Waals surface area contributed by atoms with Gasteiger partial charge in [0.2, 0.25) is 11.8 Å². The fourth-order valence-electron chi connectivity index (χ4n) is 5.73. The van der Waals surface area contributed by atoms with Crippen LogP contribution in [0, 0.1) is 5.92 Å². The second-order valence-electron chi connectivity index (χ2n) is 12.4. The van der Waals surface area contributed by atoms with E-state index < -0.39 is 85.3 Å². The molecule has 56 heavy (non-hydrogen) atoms. The molecule has 2 amide bonds. The number of benzene rings is 3. The summed E-state index contributed by atoms with van der Waals surface area (Å²) in [5.41, 5.74) is 8.58. The summed E-state index contributed by atoms with van der Waals surface area (Å²) in [4.78, 5) is 49.9. The molecular formula is C35H37F6N5O9S. The van der Waals surface area contributed by atoms with Crippen molar-refractivity contribution < 1.29 is 68.1 Å². The average Bonchev–Trinajstić information content (AvgIpc) is 3.13. The van der Waals surface area contributed by atoms with E-state index in [1.807, 2.05) is 4.72 Å². The SMILES string of the molecule is NCCCC[C@H](C(=O)NCC1CCNCC1)c1c(C(N)=O)cc(OC(=O)C(F)(F)F)c(S(=O)(=O)Nc2ccccc2Oc2ccccc2)c1OC(=O)C(F)(F)F. The molecule has 1 atom stereocenters. The van der Waals surface area contributed by atoms with Crippen LogP contribution in [0.1, 0.15) is 53.9 Å². The number of carbonyl (C=O) groups is 4. The van der Waals surface area contributed by atoms with Crippen molar-refractivity contribution in [2.45, 2.75) is 55.3 Å². The number of rotatable bonds is 16. The Labute approximate surface area is 316 Å². The number of piperidine rings is 1. The third-order valence-corrected chi connectivity index (χ3v) is 9.79. The average molecular weight is 818 g/mol. The number of nitrogens with two attached hydrogens (primary N) is 2. The van der Waals surface area contributed by atoms with Crippen LogP contribution in [-0.4, -0.2) is 70.7 Å². The summed E-state index contributed by atoms with van der Waals surface area (Å²) in [5.74, 6) is -14.3. The molecule has 0 aliphatic carbocycles. The lowest BCUT2D eigenvalue weighted by molar-refractivity contribution is -0.190. The number of hydrogen-bond donors (Lipinski definition) is 5. The van der Waals surface area contributed by atoms with Gasteiger partial charge in [0.15, 0.2) is 22.1 Å². The largest absolute Gasteiger partial charge is 0.491 e. The van der Waals surface area contributed by atoms with E-state index in [0.29, 0.717) is 25.9 Å². The fourth-order valence-corrected chi connectivity index (χ4v) is 7.05. The second kappa shape index (κ2) is 18.5. The number of sulfonamides is 1. The maximum absolute atomic E-state index is 14.4. The first-order valence-corrected chi connectivity index (χ1v) is 18.4. The van der Waals surface area contributed by atoms with Crippen LogP contribution in [0.5, 0.6) is 23.0 Å². The Balaban J connectivity index is 2.03. The molecule has 0 aromatic heterocycles. The first-order valence-electron chi connectivity index (χ1n) is 17.0. The minimum absolute atomic E-state index is 0.0160. The van der Waals surface area contributed by atoms with Gasteiger partial charge in [0.1, 0.15) is 5.75 Å². The number of amides is 2. The molecule has 0 radical (unpaired) electrons. The van der Waals surface area contributed by atoms with Crippen LogP contribution in [0.3, 0.4) is 0 Å². The molecule has 21 heteroatoms. The van der Waals surface area contributed by atoms with Crippen LogP contribution < -0.4 is 41.0 Å². The molecule has 0 saturated carbocycles. The Kier molecular flexibility index (Phi) is 14.3. The first kappa shape index (κ1) is 43.3. The topological polar surface area (TPSA) is 218 Å². The molecule has 1 aliphatic rings. The van der Waals surface area contributed by atoms with Crippen LogP contribution in [-0.2, 0) is 24.4 Å². The van der Waals surface area contributed by atoms with Crippen molar-refractivity contribution in [3.8, 4) is 23.0 Å². The number of nitrogens with one attached hydrogen (secondary N) is 3. The van der Waals surface area contributed by atoms with Crippen LogP contribution in [0.15, 0.2) is 65.6 Å². The van der Waals surface area contributed by atoms with Gasteiger partial charge >= 0.3 is 24.3 Å². The highest BCUT2D eigenvalue weighted by Crippen LogP contribution is 2.46. The standard InChI is InChI=1S/C35H37F6N5O9S/c36-34(37,38)32(49)54-26-18-23(30(43)47)27(22(10-6-7-15-42)31(48)45-19-20-13-16-44-17-14-20)28(55-33(50)35(39,40)41)29(26)56(51,52)46-24-11-4-5-12-25(24)53-21-8-2-1-3-9-21/h1-5,8-9,11-12,18,20,22,44,46H,6-7,10,13-17,19,42H2,(H2,43,47)(H,45,48)/t22-/m0/s1. The molecule has 1 heterocycles. The number of hydrogen-bond acceptors (Lipinski definition) is 11. The zero-order valence-electron chi connectivity index (χ0n) is 29.3. The monoisotopic (exact) mass is 817 g/mol. The van der Waals surface area contributed by atoms with E-state index in [4.69, 9.17) is 16.2 Å². The lowest BCUT2D eigenvalue weighted by atomic mass is 9.87. The van der Waals surface area contributed by atoms with E-state index in [1.165, 1.54) is 30.3 Å². The minimum Gasteiger partial charge on any atom is -0.455 e. The van der Waals surface area contributed by atoms with Crippen molar-refractivity contribution in [3.05, 3.63) is 71.8 Å². The molecule has 304 valence electrons. The predicted molar refractivity (Wildman–Crippen MR) is 186 cm³/mol. The van der Waals surface area contributed by atoms with Crippen molar-refractivity contribution >= 4 is 39.5 Å². The molecule has 0 bridgehead atoms. The van der Waals surface area contributed by atoms with E-state index in [2.05, 4.69) is 20.1 Å². The van der Waals surface area contributed by atoms with Crippen LogP contribution >= 0.6 is 0 Å². The summed E-state index contributed by atoms with van der Waals surface area (Å²) in [6.45, 7) is 1.28. The molecule has 4 rings (SSSR count). The smallest absolute Gasteiger partial charge is 0.455 e. The molecule has 1 saturated heterocycles. The molecule has 0 unspecified atom stereocenters. The number of alkyl halides is 6. The van der Waals surface area contributed by atoms with E-state index >= 15 is 0 Å². The third kappa shape index (κ3) is 11.3. The van der Waals surface area contributed by atoms with Gasteiger partial charge in [0.25, 0.3) is 10.0 Å². The summed E-state index contributed by atoms with van der Waals surface area (Å²) in [7, 11) is -5.68. The minimum atomic E-state index is -5.89. The van der Waals surface area contributed by atoms with Crippen molar-refractivity contribution in [1.29, 1.82) is 0 Å². The Morgan fingerprint density at radius 3 is 2.07 bits per heavy atom. The number of ether oxygens (including phenoxy) is 3. The summed E-state index contributed by atoms with van der Waals surface area (Å²) >= 11 is 0. The van der Waals surface area contributed by atoms with E-state index in [9.17, 15) is 53.9 Å². The van der Waals surface area contributed by atoms with Gasteiger partial charge in [-0.05, 0) is 81.6 Å². The number of esters is 2. The van der Waals surface area contributed by atoms with Gasteiger partial charge in [-0.1, -0.05) is 36.8 Å². The van der Waals surface area contributed by atoms with Gasteiger partial charge in [0.05, 0.1) is 17.2 Å². The molecule has 1 fully saturated rings. The van der Waals surface area contributed by atoms with E-state index in [1.54, 1.807) is 18.2 Å². The number of para-hydroxylation sites is 3. The molecule has 3 aromatic carbocycles. The van der Waals surface area contributed by atoms with Crippen LogP contribution in [0.4, 0.5) is 32.0 Å². The van der Waals surface area contributed by atoms with Crippen molar-refractivity contribution in [2.75, 3.05) is 30.9 Å². The summed E-state index contributed by atoms with van der Waals surface area (Å²) in [5, 5.41) is 5.75. The van der Waals surface area contributed by atoms with Gasteiger partial charge in [-0.25, -0.2) is 18.0 Å². The van der Waals surface area contributed by atoms with Gasteiger partial charge in [-0.2, -0.15) is 26.3 Å². The molecule has 14 nitrogen and oxygen atoms in total. The van der Waals surface area contributed by atoms with Gasteiger partial charge in [0, 0.05) is 12.1 Å². The molecule has 0 spiro atoms. The Hall–Kier alpha value is -5.41. The van der Waals surface area contributed by atoms with Crippen LogP contribution in [0.25, 0.3) is 0 Å². The predicted octanol–water partition coefficient (Wildman–Crippen LogP) is 4.64. The highest BCUT2D eigenvalue weighted by molar-refractivity contribution is 7.93. The number of halogens is 6. The maximum atomic E-state index is 14.4. The summed E-state index contributed by atoms with van der Waals surface area (Å²) < 4.78 is 128. The van der Waals surface area contributed by atoms with Gasteiger partial charge in [-0.3, -0.25) is 14.3 Å². The third-order valence-electron chi connectivity index (χ3n) is 8.37. The quantitative estimate of drug-likeness (QED) is 0.0581. The fraction of sp³-hybridized carbons (Fsp3) is 0.371. The normalized spacial score (nSPS) is 14.3. The van der Waals surface area contributed by atoms with Gasteiger partial charge in [-0.15, -0.1) is 0 Å². The second-order valence-corrected chi connectivity index (χ2v) is 14.0. The molecule has 1 aliphatic heterocycles. The van der Waals surface area contributed by atoms with Crippen LogP contribution in [0.2, 0.25) is 0 Å². The van der Waals surface area contributed by atoms with E-state index in [0.717, 1.165) is 6.07 Å². The van der Waals surface area contributed by atoms with Gasteiger partial charge < -0.3 is 36.3 Å². The number of carbonyl (C=O) groups excluding carboxylic acids is 4. The van der Waals surface area contributed by atoms with Crippen molar-refractivity contribution in [3.63, 3.8) is 0 Å². The lowest BCUT2D eigenvalue weighted by Crippen LogP contribution is -2.39. The summed E-state index contributed by atoms with van der Waals surface area (Å²) in [6, 6.07) is 13.0. The highest BCUT2D eigenvalue weighted by Gasteiger charge is 2.47. The summed E-state index contributed by atoms with van der Waals surface area (Å²) in [6.07, 6.45) is -10.7. The molecule has 3 aromatic rings. The number of anilines is 1. The zero-order valence-corrected chi connectivity index (χ0v) is 30.1. The van der Waals surface area contributed by atoms with Crippen molar-refractivity contribution in [1.82, 2.24) is 10.6 Å². The Morgan fingerprint density at radius 1 is 0.857 bits per heavy atom. The van der Waals surface area contributed by atoms with E-state index in [-0.39, 0.29) is 55.8 Å². The molecule has 7 N–H and O–H groups in total. The Morgan fingerprint density at radius 2 is 1.46 bits per heavy atom. The Bertz CT molecular complexity index is 2010. The maximum Gasteiger partial charge on any atom is 0.491 e. The first-order chi connectivity index (χ1) is 26.3.